The number of esters is 1. The lowest BCUT2D eigenvalue weighted by molar-refractivity contribution is -0.153. The number of hydrogen-bond acceptors (Lipinski definition) is 2. The summed E-state index contributed by atoms with van der Waals surface area (Å²) < 4.78 is 5.98. The minimum absolute atomic E-state index is 0.0828. The van der Waals surface area contributed by atoms with Gasteiger partial charge in [0.15, 0.2) is 0 Å². The van der Waals surface area contributed by atoms with Crippen molar-refractivity contribution in [3.8, 4) is 0 Å². The van der Waals surface area contributed by atoms with E-state index < -0.39 is 0 Å². The fourth-order valence-corrected chi connectivity index (χ4v) is 5.58. The van der Waals surface area contributed by atoms with Crippen molar-refractivity contribution in [1.29, 1.82) is 0 Å². The predicted molar refractivity (Wildman–Crippen MR) is 124 cm³/mol. The van der Waals surface area contributed by atoms with E-state index in [1.165, 1.54) is 122 Å². The summed E-state index contributed by atoms with van der Waals surface area (Å²) in [5.74, 6) is 1.69. The van der Waals surface area contributed by atoms with Crippen molar-refractivity contribution in [2.24, 2.45) is 11.8 Å². The summed E-state index contributed by atoms with van der Waals surface area (Å²) in [6.45, 7) is 2.28. The molecule has 0 radical (unpaired) electrons. The zero-order chi connectivity index (χ0) is 20.6. The number of hydrogen-bond donors (Lipinski definition) is 0. The number of carbonyl (C=O) groups is 1. The molecule has 3 atom stereocenters. The summed E-state index contributed by atoms with van der Waals surface area (Å²) in [6, 6.07) is 0. The van der Waals surface area contributed by atoms with Gasteiger partial charge < -0.3 is 4.74 Å². The fourth-order valence-electron chi connectivity index (χ4n) is 5.58. The van der Waals surface area contributed by atoms with Crippen LogP contribution in [0.4, 0.5) is 0 Å². The average molecular weight is 407 g/mol. The minimum Gasteiger partial charge on any atom is -0.462 e. The van der Waals surface area contributed by atoms with Gasteiger partial charge in [0.2, 0.25) is 0 Å². The smallest absolute Gasteiger partial charge is 0.306 e. The van der Waals surface area contributed by atoms with Crippen molar-refractivity contribution in [2.45, 2.75) is 154 Å². The molecule has 0 aromatic rings. The van der Waals surface area contributed by atoms with E-state index in [4.69, 9.17) is 4.74 Å². The Kier molecular flexibility index (Phi) is 13.8. The molecule has 0 aliphatic heterocycles. The molecule has 2 aliphatic carbocycles. The van der Waals surface area contributed by atoms with Crippen LogP contribution in [0.25, 0.3) is 0 Å². The van der Waals surface area contributed by atoms with Gasteiger partial charge in [-0.1, -0.05) is 110 Å². The highest BCUT2D eigenvalue weighted by Gasteiger charge is 2.30. The first-order valence-electron chi connectivity index (χ1n) is 13.5. The summed E-state index contributed by atoms with van der Waals surface area (Å²) >= 11 is 0. The molecule has 170 valence electrons. The first-order chi connectivity index (χ1) is 14.3. The maximum absolute atomic E-state index is 12.3. The Morgan fingerprint density at radius 2 is 1.21 bits per heavy atom. The third-order valence-corrected chi connectivity index (χ3v) is 7.53. The molecule has 0 saturated heterocycles. The van der Waals surface area contributed by atoms with Crippen molar-refractivity contribution in [2.75, 3.05) is 0 Å². The molecule has 0 aromatic carbocycles. The lowest BCUT2D eigenvalue weighted by atomic mass is 9.85. The van der Waals surface area contributed by atoms with E-state index in [0.29, 0.717) is 12.3 Å². The standard InChI is InChI=1S/C27H50O2/c1-2-3-4-5-6-7-8-9-10-11-12-13-14-21-27(28)29-26-20-16-18-24-17-15-19-25(26)23-22-24/h24-26H,2-23H2,1H3. The van der Waals surface area contributed by atoms with Gasteiger partial charge in [0.1, 0.15) is 6.10 Å². The molecule has 2 fully saturated rings. The highest BCUT2D eigenvalue weighted by Crippen LogP contribution is 2.37. The van der Waals surface area contributed by atoms with Gasteiger partial charge in [0.05, 0.1) is 0 Å². The normalized spacial score (nSPS) is 24.7. The zero-order valence-electron chi connectivity index (χ0n) is 19.6. The Labute approximate surface area is 181 Å². The van der Waals surface area contributed by atoms with Gasteiger partial charge in [-0.05, 0) is 43.9 Å². The molecule has 0 N–H and O–H groups in total. The van der Waals surface area contributed by atoms with E-state index in [1.807, 2.05) is 0 Å². The maximum atomic E-state index is 12.3. The van der Waals surface area contributed by atoms with Crippen LogP contribution in [0.3, 0.4) is 0 Å². The van der Waals surface area contributed by atoms with Crippen molar-refractivity contribution in [3.63, 3.8) is 0 Å². The van der Waals surface area contributed by atoms with Gasteiger partial charge in [-0.2, -0.15) is 0 Å². The summed E-state index contributed by atoms with van der Waals surface area (Å²) in [6.07, 6.45) is 28.9. The number of unbranched alkanes of at least 4 members (excludes halogenated alkanes) is 12. The molecule has 2 saturated carbocycles. The van der Waals surface area contributed by atoms with Crippen LogP contribution in [-0.2, 0) is 9.53 Å². The summed E-state index contributed by atoms with van der Waals surface area (Å²) in [5, 5.41) is 0. The minimum atomic E-state index is 0.0828. The molecule has 0 aromatic heterocycles. The largest absolute Gasteiger partial charge is 0.462 e. The highest BCUT2D eigenvalue weighted by molar-refractivity contribution is 5.69. The Morgan fingerprint density at radius 1 is 0.655 bits per heavy atom. The van der Waals surface area contributed by atoms with Crippen LogP contribution < -0.4 is 0 Å². The summed E-state index contributed by atoms with van der Waals surface area (Å²) in [5.41, 5.74) is 0. The molecule has 2 heteroatoms. The van der Waals surface area contributed by atoms with E-state index in [9.17, 15) is 4.79 Å². The zero-order valence-corrected chi connectivity index (χ0v) is 19.6. The van der Waals surface area contributed by atoms with Crippen molar-refractivity contribution >= 4 is 5.97 Å². The molecule has 0 amide bonds. The van der Waals surface area contributed by atoms with Crippen LogP contribution in [0.2, 0.25) is 0 Å². The quantitative estimate of drug-likeness (QED) is 0.201. The lowest BCUT2D eigenvalue weighted by Crippen LogP contribution is -2.28. The second-order valence-electron chi connectivity index (χ2n) is 10.1. The SMILES string of the molecule is CCCCCCCCCCCCCCCC(=O)OC1CCCC2CCCC1CC2. The first kappa shape index (κ1) is 24.7. The average Bonchev–Trinajstić information content (AvgIpc) is 2.90. The fraction of sp³-hybridized carbons (Fsp3) is 0.963. The topological polar surface area (TPSA) is 26.3 Å². The monoisotopic (exact) mass is 406 g/mol. The molecule has 2 nitrogen and oxygen atoms in total. The number of rotatable bonds is 15. The summed E-state index contributed by atoms with van der Waals surface area (Å²) in [4.78, 5) is 12.3. The van der Waals surface area contributed by atoms with Crippen molar-refractivity contribution in [1.82, 2.24) is 0 Å². The van der Waals surface area contributed by atoms with Crippen LogP contribution in [0.5, 0.6) is 0 Å². The molecular formula is C27H50O2. The highest BCUT2D eigenvalue weighted by atomic mass is 16.5. The molecule has 0 heterocycles. The molecule has 2 rings (SSSR count). The molecule has 3 unspecified atom stereocenters. The first-order valence-corrected chi connectivity index (χ1v) is 13.5. The third-order valence-electron chi connectivity index (χ3n) is 7.53. The van der Waals surface area contributed by atoms with Crippen LogP contribution >= 0.6 is 0 Å². The molecule has 2 aliphatic rings. The van der Waals surface area contributed by atoms with Gasteiger partial charge >= 0.3 is 5.97 Å². The van der Waals surface area contributed by atoms with E-state index >= 15 is 0 Å². The maximum Gasteiger partial charge on any atom is 0.306 e. The molecule has 2 bridgehead atoms. The van der Waals surface area contributed by atoms with Gasteiger partial charge in [-0.3, -0.25) is 4.79 Å². The van der Waals surface area contributed by atoms with Gasteiger partial charge in [0.25, 0.3) is 0 Å². The van der Waals surface area contributed by atoms with E-state index in [-0.39, 0.29) is 12.1 Å². The second-order valence-corrected chi connectivity index (χ2v) is 10.1. The second kappa shape index (κ2) is 16.2. The van der Waals surface area contributed by atoms with Crippen molar-refractivity contribution in [3.05, 3.63) is 0 Å². The van der Waals surface area contributed by atoms with E-state index in [2.05, 4.69) is 6.92 Å². The van der Waals surface area contributed by atoms with Crippen LogP contribution in [0.1, 0.15) is 148 Å². The third kappa shape index (κ3) is 11.4. The molecule has 0 spiro atoms. The van der Waals surface area contributed by atoms with Crippen LogP contribution in [0, 0.1) is 11.8 Å². The Morgan fingerprint density at radius 3 is 1.83 bits per heavy atom. The number of ether oxygens (including phenoxy) is 1. The van der Waals surface area contributed by atoms with E-state index in [1.54, 1.807) is 0 Å². The van der Waals surface area contributed by atoms with Crippen molar-refractivity contribution < 1.29 is 9.53 Å². The van der Waals surface area contributed by atoms with Gasteiger partial charge in [-0.25, -0.2) is 0 Å². The Balaban J connectivity index is 1.42. The molecule has 29 heavy (non-hydrogen) atoms. The molecular weight excluding hydrogens is 356 g/mol. The Bertz CT molecular complexity index is 405. The van der Waals surface area contributed by atoms with Crippen LogP contribution in [0.15, 0.2) is 0 Å². The number of carbonyl (C=O) groups excluding carboxylic acids is 1. The van der Waals surface area contributed by atoms with E-state index in [0.717, 1.165) is 18.8 Å². The summed E-state index contributed by atoms with van der Waals surface area (Å²) in [7, 11) is 0. The Hall–Kier alpha value is -0.530. The van der Waals surface area contributed by atoms with Crippen LogP contribution in [-0.4, -0.2) is 12.1 Å². The number of fused-ring (bicyclic) bond motifs is 3. The predicted octanol–water partition coefficient (Wildman–Crippen LogP) is 8.76. The van der Waals surface area contributed by atoms with Gasteiger partial charge in [0, 0.05) is 6.42 Å². The lowest BCUT2D eigenvalue weighted by Gasteiger charge is -2.28. The van der Waals surface area contributed by atoms with Gasteiger partial charge in [-0.15, -0.1) is 0 Å².